The van der Waals surface area contributed by atoms with Gasteiger partial charge in [-0.2, -0.15) is 26.3 Å². The molecule has 7 heteroatoms. The smallest absolute Gasteiger partial charge is 0.171 e. The molecule has 1 aliphatic carbocycles. The summed E-state index contributed by atoms with van der Waals surface area (Å²) in [5.41, 5.74) is -2.62. The monoisotopic (exact) mass is 284 g/mol. The van der Waals surface area contributed by atoms with Gasteiger partial charge in [-0.1, -0.05) is 22.9 Å². The summed E-state index contributed by atoms with van der Waals surface area (Å²) in [7, 11) is 0. The maximum absolute atomic E-state index is 12.4. The van der Waals surface area contributed by atoms with Crippen LogP contribution in [0.5, 0.6) is 0 Å². The molecule has 0 spiro atoms. The molecule has 0 radical (unpaired) electrons. The molecule has 14 heavy (non-hydrogen) atoms. The Balaban J connectivity index is 2.95. The van der Waals surface area contributed by atoms with Crippen LogP contribution < -0.4 is 0 Å². The van der Waals surface area contributed by atoms with Crippen LogP contribution in [-0.4, -0.2) is 17.2 Å². The van der Waals surface area contributed by atoms with Crippen molar-refractivity contribution in [1.82, 2.24) is 0 Å². The molecular formula is C7H7BrF6. The average molecular weight is 285 g/mol. The summed E-state index contributed by atoms with van der Waals surface area (Å²) >= 11 is 2.61. The average Bonchev–Trinajstić information content (AvgIpc) is 2.58. The SMILES string of the molecule is CC(C(F)(F)F)C1(C(F)(F)F)CC1Br. The van der Waals surface area contributed by atoms with Crippen molar-refractivity contribution in [2.24, 2.45) is 11.3 Å². The van der Waals surface area contributed by atoms with Gasteiger partial charge in [0.15, 0.2) is 0 Å². The molecule has 1 rings (SSSR count). The van der Waals surface area contributed by atoms with Crippen molar-refractivity contribution in [1.29, 1.82) is 0 Å². The summed E-state index contributed by atoms with van der Waals surface area (Å²) in [4.78, 5) is -1.12. The fourth-order valence-corrected chi connectivity index (χ4v) is 2.71. The molecule has 3 unspecified atom stereocenters. The lowest BCUT2D eigenvalue weighted by Crippen LogP contribution is -2.40. The van der Waals surface area contributed by atoms with E-state index in [0.29, 0.717) is 6.92 Å². The molecule has 1 saturated carbocycles. The van der Waals surface area contributed by atoms with Crippen LogP contribution in [-0.2, 0) is 0 Å². The van der Waals surface area contributed by atoms with Crippen LogP contribution in [0.3, 0.4) is 0 Å². The van der Waals surface area contributed by atoms with E-state index in [2.05, 4.69) is 15.9 Å². The van der Waals surface area contributed by atoms with Crippen LogP contribution in [0.1, 0.15) is 13.3 Å². The Morgan fingerprint density at radius 3 is 1.64 bits per heavy atom. The second-order valence-electron chi connectivity index (χ2n) is 3.47. The third kappa shape index (κ3) is 1.63. The van der Waals surface area contributed by atoms with Crippen LogP contribution in [0, 0.1) is 11.3 Å². The largest absolute Gasteiger partial charge is 0.396 e. The van der Waals surface area contributed by atoms with Crippen LogP contribution in [0.25, 0.3) is 0 Å². The van der Waals surface area contributed by atoms with Crippen molar-refractivity contribution in [2.45, 2.75) is 30.5 Å². The van der Waals surface area contributed by atoms with Gasteiger partial charge in [-0.3, -0.25) is 0 Å². The van der Waals surface area contributed by atoms with Crippen molar-refractivity contribution in [3.8, 4) is 0 Å². The molecule has 84 valence electrons. The number of hydrogen-bond donors (Lipinski definition) is 0. The Labute approximate surface area is 84.8 Å². The van der Waals surface area contributed by atoms with Gasteiger partial charge in [0.1, 0.15) is 0 Å². The third-order valence-corrected chi connectivity index (χ3v) is 3.85. The minimum absolute atomic E-state index is 0.503. The van der Waals surface area contributed by atoms with E-state index in [1.165, 1.54) is 0 Å². The Morgan fingerprint density at radius 2 is 1.57 bits per heavy atom. The highest BCUT2D eigenvalue weighted by molar-refractivity contribution is 9.09. The second kappa shape index (κ2) is 3.02. The maximum atomic E-state index is 12.4. The predicted molar refractivity (Wildman–Crippen MR) is 41.0 cm³/mol. The van der Waals surface area contributed by atoms with Crippen molar-refractivity contribution >= 4 is 15.9 Å². The quantitative estimate of drug-likeness (QED) is 0.506. The van der Waals surface area contributed by atoms with Crippen molar-refractivity contribution in [3.63, 3.8) is 0 Å². The lowest BCUT2D eigenvalue weighted by atomic mass is 9.89. The van der Waals surface area contributed by atoms with E-state index in [0.717, 1.165) is 0 Å². The standard InChI is InChI=1S/C7H7BrF6/c1-3(6(9,10)11)5(2-4(5)8)7(12,13)14/h3-4H,2H2,1H3. The van der Waals surface area contributed by atoms with E-state index >= 15 is 0 Å². The summed E-state index contributed by atoms with van der Waals surface area (Å²) < 4.78 is 73.7. The molecule has 1 fully saturated rings. The van der Waals surface area contributed by atoms with Gasteiger partial charge in [-0.05, 0) is 6.42 Å². The number of hydrogen-bond acceptors (Lipinski definition) is 0. The van der Waals surface area contributed by atoms with E-state index in [4.69, 9.17) is 0 Å². The van der Waals surface area contributed by atoms with Gasteiger partial charge in [0.05, 0.1) is 11.3 Å². The molecule has 3 atom stereocenters. The zero-order valence-corrected chi connectivity index (χ0v) is 8.59. The summed E-state index contributed by atoms with van der Waals surface area (Å²) in [6.45, 7) is 0.578. The third-order valence-electron chi connectivity index (χ3n) is 2.71. The van der Waals surface area contributed by atoms with E-state index in [1.54, 1.807) is 0 Å². The fraction of sp³-hybridized carbons (Fsp3) is 1.00. The zero-order chi connectivity index (χ0) is 11.4. The normalized spacial score (nSPS) is 35.6. The van der Waals surface area contributed by atoms with Gasteiger partial charge >= 0.3 is 12.4 Å². The lowest BCUT2D eigenvalue weighted by molar-refractivity contribution is -0.260. The van der Waals surface area contributed by atoms with E-state index in [-0.39, 0.29) is 0 Å². The van der Waals surface area contributed by atoms with E-state index in [1.807, 2.05) is 0 Å². The summed E-state index contributed by atoms with van der Waals surface area (Å²) in [6, 6.07) is 0. The number of halogens is 7. The highest BCUT2D eigenvalue weighted by Gasteiger charge is 2.76. The van der Waals surface area contributed by atoms with E-state index in [9.17, 15) is 26.3 Å². The number of alkyl halides is 7. The molecule has 1 aliphatic rings. The molecular weight excluding hydrogens is 278 g/mol. The molecule has 0 aromatic heterocycles. The minimum atomic E-state index is -4.81. The van der Waals surface area contributed by atoms with Crippen LogP contribution in [0.15, 0.2) is 0 Å². The van der Waals surface area contributed by atoms with Crippen LogP contribution in [0.2, 0.25) is 0 Å². The van der Waals surface area contributed by atoms with Gasteiger partial charge in [0, 0.05) is 4.83 Å². The van der Waals surface area contributed by atoms with Gasteiger partial charge < -0.3 is 0 Å². The second-order valence-corrected chi connectivity index (χ2v) is 4.58. The first-order valence-corrected chi connectivity index (χ1v) is 4.72. The summed E-state index contributed by atoms with van der Waals surface area (Å²) in [5.74, 6) is -2.36. The minimum Gasteiger partial charge on any atom is -0.171 e. The first-order chi connectivity index (χ1) is 6.03. The van der Waals surface area contributed by atoms with E-state index < -0.39 is 34.9 Å². The van der Waals surface area contributed by atoms with Crippen molar-refractivity contribution in [2.75, 3.05) is 0 Å². The molecule has 0 N–H and O–H groups in total. The van der Waals surface area contributed by atoms with Gasteiger partial charge in [-0.25, -0.2) is 0 Å². The molecule has 0 aromatic rings. The molecule has 0 heterocycles. The predicted octanol–water partition coefficient (Wildman–Crippen LogP) is 3.90. The topological polar surface area (TPSA) is 0 Å². The lowest BCUT2D eigenvalue weighted by Gasteiger charge is -2.28. The van der Waals surface area contributed by atoms with Gasteiger partial charge in [0.25, 0.3) is 0 Å². The molecule has 0 amide bonds. The Kier molecular flexibility index (Phi) is 2.62. The number of rotatable bonds is 1. The molecule has 0 bridgehead atoms. The maximum Gasteiger partial charge on any atom is 0.396 e. The Hall–Kier alpha value is 0.0600. The summed E-state index contributed by atoms with van der Waals surface area (Å²) in [6.07, 6.45) is -10.1. The zero-order valence-electron chi connectivity index (χ0n) is 7.01. The van der Waals surface area contributed by atoms with Crippen molar-refractivity contribution < 1.29 is 26.3 Å². The Morgan fingerprint density at radius 1 is 1.21 bits per heavy atom. The highest BCUT2D eigenvalue weighted by atomic mass is 79.9. The van der Waals surface area contributed by atoms with Crippen LogP contribution in [0.4, 0.5) is 26.3 Å². The molecule has 0 aliphatic heterocycles. The highest BCUT2D eigenvalue weighted by Crippen LogP contribution is 2.68. The van der Waals surface area contributed by atoms with Crippen molar-refractivity contribution in [3.05, 3.63) is 0 Å². The summed E-state index contributed by atoms with van der Waals surface area (Å²) in [5, 5.41) is 0. The van der Waals surface area contributed by atoms with Gasteiger partial charge in [-0.15, -0.1) is 0 Å². The van der Waals surface area contributed by atoms with Gasteiger partial charge in [0.2, 0.25) is 0 Å². The van der Waals surface area contributed by atoms with Crippen LogP contribution >= 0.6 is 15.9 Å². The molecule has 0 nitrogen and oxygen atoms in total. The first kappa shape index (κ1) is 12.1. The first-order valence-electron chi connectivity index (χ1n) is 3.81. The fourth-order valence-electron chi connectivity index (χ4n) is 1.52. The Bertz CT molecular complexity index is 231. The molecule has 0 saturated heterocycles. The molecule has 0 aromatic carbocycles.